The predicted octanol–water partition coefficient (Wildman–Crippen LogP) is 5.62. The molecule has 4 aromatic heterocycles. The van der Waals surface area contributed by atoms with Gasteiger partial charge < -0.3 is 49.5 Å². The van der Waals surface area contributed by atoms with Gasteiger partial charge in [0.05, 0.1) is 30.5 Å². The van der Waals surface area contributed by atoms with E-state index in [2.05, 4.69) is 14.6 Å². The average Bonchev–Trinajstić information content (AvgIpc) is 3.75. The summed E-state index contributed by atoms with van der Waals surface area (Å²) in [6.07, 6.45) is 3.61. The van der Waals surface area contributed by atoms with Crippen LogP contribution in [0.2, 0.25) is 10.0 Å². The van der Waals surface area contributed by atoms with Crippen LogP contribution in [0.1, 0.15) is 48.2 Å². The van der Waals surface area contributed by atoms with E-state index >= 15 is 0 Å². The van der Waals surface area contributed by atoms with Crippen LogP contribution in [-0.4, -0.2) is 77.6 Å². The van der Waals surface area contributed by atoms with E-state index in [4.69, 9.17) is 51.2 Å². The Kier molecular flexibility index (Phi) is 15.6. The van der Waals surface area contributed by atoms with E-state index in [9.17, 15) is 19.5 Å². The lowest BCUT2D eigenvalue weighted by molar-refractivity contribution is -0.136. The van der Waals surface area contributed by atoms with Crippen molar-refractivity contribution in [3.8, 4) is 0 Å². The zero-order valence-electron chi connectivity index (χ0n) is 33.8. The topological polar surface area (TPSA) is 180 Å². The standard InChI is InChI=1S/C21H23ClN6O.C21H24ClN5O3.2ClH/c1-24-11-16-10-18-19(20(29)26(16)2)28(12-14-6-3-4-8-17(14)22)21(25-18)27-9-5-7-15(23)13-27;1-25-15(10-18(28)29)9-17-19(20(25)30)27(11-13-5-2-3-7-16(13)22)21(24-17)26-8-4-6-14(23)12-26;;/h3-4,6,8,10,15H,5,7,9,11-13,23H2,2H3;2-3,5,7,9,14H,4,6,8,10-12,23H2,1H3,(H,28,29);2*1H/t15-;14-;;/m11../s1. The predicted molar refractivity (Wildman–Crippen MR) is 246 cm³/mol. The molecule has 2 atom stereocenters. The van der Waals surface area contributed by atoms with Crippen molar-refractivity contribution in [1.82, 2.24) is 28.2 Å². The molecule has 0 saturated carbocycles. The highest BCUT2D eigenvalue weighted by Crippen LogP contribution is 2.29. The number of imidazole rings is 2. The van der Waals surface area contributed by atoms with E-state index in [1.165, 1.54) is 9.13 Å². The van der Waals surface area contributed by atoms with Crippen LogP contribution >= 0.6 is 48.0 Å². The number of aromatic nitrogens is 6. The highest BCUT2D eigenvalue weighted by molar-refractivity contribution is 6.31. The van der Waals surface area contributed by atoms with Crippen LogP contribution in [0.3, 0.4) is 0 Å². The normalized spacial score (nSPS) is 16.3. The zero-order valence-corrected chi connectivity index (χ0v) is 37.0. The van der Waals surface area contributed by atoms with Crippen molar-refractivity contribution in [2.75, 3.05) is 36.0 Å². The number of carboxylic acids is 1. The Hall–Kier alpha value is -5.08. The summed E-state index contributed by atoms with van der Waals surface area (Å²) in [5, 5.41) is 10.5. The molecule has 5 N–H and O–H groups in total. The average molecular weight is 914 g/mol. The first kappa shape index (κ1) is 47.0. The molecule has 6 aromatic rings. The van der Waals surface area contributed by atoms with Gasteiger partial charge in [-0.3, -0.25) is 14.4 Å². The number of benzene rings is 2. The number of rotatable bonds is 9. The molecule has 0 radical (unpaired) electrons. The number of nitrogens with zero attached hydrogens (tertiary/aromatic N) is 9. The van der Waals surface area contributed by atoms with Crippen LogP contribution in [-0.2, 0) is 44.9 Å². The molecular formula is C42H49Cl4N11O4. The Morgan fingerprint density at radius 3 is 1.61 bits per heavy atom. The van der Waals surface area contributed by atoms with Crippen molar-refractivity contribution in [3.05, 3.63) is 125 Å². The number of carboxylic acid groups (broad SMARTS) is 1. The second kappa shape index (κ2) is 20.2. The first-order chi connectivity index (χ1) is 28.3. The summed E-state index contributed by atoms with van der Waals surface area (Å²) in [5.41, 5.74) is 16.8. The van der Waals surface area contributed by atoms with Crippen molar-refractivity contribution < 1.29 is 9.90 Å². The van der Waals surface area contributed by atoms with E-state index in [1.807, 2.05) is 63.7 Å². The molecule has 2 aromatic carbocycles. The van der Waals surface area contributed by atoms with E-state index in [1.54, 1.807) is 20.2 Å². The Balaban J connectivity index is 0.000000224. The third kappa shape index (κ3) is 10.0. The number of hydrogen-bond donors (Lipinski definition) is 3. The summed E-state index contributed by atoms with van der Waals surface area (Å²) in [7, 11) is 3.29. The number of fused-ring (bicyclic) bond motifs is 2. The van der Waals surface area contributed by atoms with E-state index < -0.39 is 5.97 Å². The molecule has 15 nitrogen and oxygen atoms in total. The summed E-state index contributed by atoms with van der Waals surface area (Å²) in [6.45, 7) is 11.1. The molecule has 19 heteroatoms. The fourth-order valence-electron chi connectivity index (χ4n) is 7.97. The van der Waals surface area contributed by atoms with Crippen LogP contribution in [0.4, 0.5) is 11.9 Å². The second-order valence-corrected chi connectivity index (χ2v) is 16.0. The van der Waals surface area contributed by atoms with Gasteiger partial charge in [0.15, 0.2) is 0 Å². The number of hydrogen-bond acceptors (Lipinski definition) is 9. The molecule has 0 unspecified atom stereocenters. The second-order valence-electron chi connectivity index (χ2n) is 15.2. The Bertz CT molecular complexity index is 2700. The van der Waals surface area contributed by atoms with Gasteiger partial charge in [-0.1, -0.05) is 59.6 Å². The lowest BCUT2D eigenvalue weighted by Gasteiger charge is -2.32. The quantitative estimate of drug-likeness (QED) is 0.154. The third-order valence-electron chi connectivity index (χ3n) is 11.1. The lowest BCUT2D eigenvalue weighted by Crippen LogP contribution is -2.44. The third-order valence-corrected chi connectivity index (χ3v) is 11.8. The van der Waals surface area contributed by atoms with E-state index in [-0.39, 0.29) is 61.0 Å². The van der Waals surface area contributed by atoms with Crippen LogP contribution in [0.15, 0.2) is 70.3 Å². The summed E-state index contributed by atoms with van der Waals surface area (Å²) < 4.78 is 6.74. The van der Waals surface area contributed by atoms with Crippen molar-refractivity contribution in [2.45, 2.75) is 63.8 Å². The fourth-order valence-corrected chi connectivity index (χ4v) is 8.37. The van der Waals surface area contributed by atoms with Crippen molar-refractivity contribution in [1.29, 1.82) is 0 Å². The van der Waals surface area contributed by atoms with Crippen LogP contribution < -0.4 is 32.4 Å². The van der Waals surface area contributed by atoms with Gasteiger partial charge in [0.1, 0.15) is 16.7 Å². The lowest BCUT2D eigenvalue weighted by atomic mass is 10.1. The summed E-state index contributed by atoms with van der Waals surface area (Å²) in [4.78, 5) is 54.9. The number of anilines is 2. The molecule has 8 rings (SSSR count). The Labute approximate surface area is 375 Å². The largest absolute Gasteiger partial charge is 0.481 e. The molecular weight excluding hydrogens is 864 g/mol. The number of halogens is 4. The fraction of sp³-hybridized carbons (Fsp3) is 0.381. The van der Waals surface area contributed by atoms with Crippen molar-refractivity contribution in [2.24, 2.45) is 25.6 Å². The number of pyridine rings is 2. The molecule has 2 fully saturated rings. The van der Waals surface area contributed by atoms with Gasteiger partial charge in [0.2, 0.25) is 11.9 Å². The van der Waals surface area contributed by atoms with E-state index in [0.29, 0.717) is 75.6 Å². The van der Waals surface area contributed by atoms with Gasteiger partial charge >= 0.3 is 5.97 Å². The van der Waals surface area contributed by atoms with Crippen LogP contribution in [0.5, 0.6) is 0 Å². The number of carbonyl (C=O) groups is 1. The minimum absolute atomic E-state index is 0. The smallest absolute Gasteiger partial charge is 0.309 e. The first-order valence-electron chi connectivity index (χ1n) is 19.6. The summed E-state index contributed by atoms with van der Waals surface area (Å²) in [6, 6.07) is 18.8. The molecule has 0 spiro atoms. The Morgan fingerprint density at radius 2 is 1.20 bits per heavy atom. The highest BCUT2D eigenvalue weighted by atomic mass is 35.5. The minimum Gasteiger partial charge on any atom is -0.481 e. The molecule has 0 bridgehead atoms. The summed E-state index contributed by atoms with van der Waals surface area (Å²) in [5.74, 6) is 0.388. The molecule has 324 valence electrons. The van der Waals surface area contributed by atoms with Gasteiger partial charge in [-0.2, -0.15) is 0 Å². The van der Waals surface area contributed by atoms with Gasteiger partial charge in [-0.15, -0.1) is 24.8 Å². The van der Waals surface area contributed by atoms with Crippen LogP contribution in [0.25, 0.3) is 26.9 Å². The maximum absolute atomic E-state index is 13.2. The molecule has 6 heterocycles. The molecule has 2 saturated heterocycles. The minimum atomic E-state index is -0.998. The van der Waals surface area contributed by atoms with Gasteiger partial charge in [0.25, 0.3) is 17.7 Å². The van der Waals surface area contributed by atoms with Crippen LogP contribution in [0, 0.1) is 6.57 Å². The maximum Gasteiger partial charge on any atom is 0.309 e. The van der Waals surface area contributed by atoms with Gasteiger partial charge in [0, 0.05) is 68.1 Å². The molecule has 2 aliphatic heterocycles. The Morgan fingerprint density at radius 1 is 0.770 bits per heavy atom. The highest BCUT2D eigenvalue weighted by Gasteiger charge is 2.27. The monoisotopic (exact) mass is 911 g/mol. The van der Waals surface area contributed by atoms with E-state index in [0.717, 1.165) is 55.8 Å². The number of piperidine rings is 2. The number of nitrogens with two attached hydrogens (primary N) is 2. The summed E-state index contributed by atoms with van der Waals surface area (Å²) >= 11 is 12.8. The molecule has 2 aliphatic rings. The zero-order chi connectivity index (χ0) is 42.0. The van der Waals surface area contributed by atoms with Crippen molar-refractivity contribution >= 4 is 87.9 Å². The number of aliphatic carboxylic acids is 1. The van der Waals surface area contributed by atoms with Gasteiger partial charge in [-0.05, 0) is 61.1 Å². The maximum atomic E-state index is 13.2. The SMILES string of the molecule is Cl.Cl.Cn1c(CC(=O)O)cc2nc(N3CCC[C@@H](N)C3)n(Cc3ccccc3Cl)c2c1=O.[C-]#[N+]Cc1cc2nc(N3CCC[C@@H](N)C3)n(Cc3ccccc3Cl)c2c(=O)n1C. The van der Waals surface area contributed by atoms with Gasteiger partial charge in [-0.25, -0.2) is 16.5 Å². The molecule has 0 amide bonds. The first-order valence-corrected chi connectivity index (χ1v) is 20.3. The van der Waals surface area contributed by atoms with Crippen molar-refractivity contribution in [3.63, 3.8) is 0 Å². The molecule has 61 heavy (non-hydrogen) atoms. The molecule has 0 aliphatic carbocycles.